The van der Waals surface area contributed by atoms with Crippen molar-refractivity contribution in [2.75, 3.05) is 12.4 Å². The van der Waals surface area contributed by atoms with E-state index in [0.717, 1.165) is 0 Å². The molecule has 10 heavy (non-hydrogen) atoms. The molecule has 0 amide bonds. The van der Waals surface area contributed by atoms with Crippen molar-refractivity contribution in [2.45, 2.75) is 0 Å². The molecule has 4 heteroatoms. The normalized spacial score (nSPS) is 8.90. The molecule has 4 nitrogen and oxygen atoms in total. The van der Waals surface area contributed by atoms with Gasteiger partial charge in [-0.2, -0.15) is 0 Å². The van der Waals surface area contributed by atoms with Gasteiger partial charge in [-0.3, -0.25) is 0 Å². The lowest BCUT2D eigenvalue weighted by Gasteiger charge is -1.98. The summed E-state index contributed by atoms with van der Waals surface area (Å²) in [5.41, 5.74) is 0. The van der Waals surface area contributed by atoms with Gasteiger partial charge in [-0.1, -0.05) is 0 Å². The number of rotatable bonds is 2. The largest absolute Gasteiger partial charge is 0.370 e. The fourth-order valence-corrected chi connectivity index (χ4v) is 0.623. The average molecular weight is 136 g/mol. The molecule has 0 spiro atoms. The smallest absolute Gasteiger partial charge is 0.194 e. The van der Waals surface area contributed by atoms with Gasteiger partial charge >= 0.3 is 0 Å². The zero-order valence-corrected chi connectivity index (χ0v) is 5.70. The lowest BCUT2D eigenvalue weighted by atomic mass is 10.6. The van der Waals surface area contributed by atoms with Crippen LogP contribution in [0.3, 0.4) is 0 Å². The minimum absolute atomic E-state index is 0.532. The predicted molar refractivity (Wildman–Crippen MR) is 40.8 cm³/mol. The van der Waals surface area contributed by atoms with Crippen molar-refractivity contribution in [3.05, 3.63) is 12.4 Å². The van der Waals surface area contributed by atoms with Crippen LogP contribution in [0, 0.1) is 0 Å². The molecule has 0 fully saturated rings. The lowest BCUT2D eigenvalue weighted by molar-refractivity contribution is 1.17. The van der Waals surface area contributed by atoms with E-state index >= 15 is 0 Å². The Hall–Kier alpha value is -1.45. The van der Waals surface area contributed by atoms with Gasteiger partial charge in [-0.05, 0) is 6.72 Å². The summed E-state index contributed by atoms with van der Waals surface area (Å²) in [6, 6.07) is 0. The molecule has 1 aromatic heterocycles. The first-order chi connectivity index (χ1) is 4.88. The number of aromatic nitrogens is 2. The van der Waals surface area contributed by atoms with E-state index in [0.29, 0.717) is 11.6 Å². The zero-order valence-electron chi connectivity index (χ0n) is 5.70. The summed E-state index contributed by atoms with van der Waals surface area (Å²) in [6.07, 6.45) is 3.17. The van der Waals surface area contributed by atoms with Gasteiger partial charge in [0.25, 0.3) is 0 Å². The highest BCUT2D eigenvalue weighted by atomic mass is 15.0. The Morgan fingerprint density at radius 1 is 1.50 bits per heavy atom. The molecule has 0 saturated carbocycles. The Labute approximate surface area is 59.0 Å². The molecular formula is C6H8N4. The molecule has 0 unspecified atom stereocenters. The third-order valence-electron chi connectivity index (χ3n) is 1.07. The standard InChI is InChI=1S/C6H8N4/c1-7-5-6(8-2)10-4-3-9-5/h3-4H,1H2,2H3,(H,8,10). The molecule has 0 aliphatic rings. The van der Waals surface area contributed by atoms with Gasteiger partial charge in [0, 0.05) is 19.4 Å². The molecule has 52 valence electrons. The van der Waals surface area contributed by atoms with Gasteiger partial charge in [0.15, 0.2) is 11.6 Å². The molecule has 0 aliphatic carbocycles. The van der Waals surface area contributed by atoms with Gasteiger partial charge in [-0.15, -0.1) is 0 Å². The molecule has 1 rings (SSSR count). The van der Waals surface area contributed by atoms with E-state index in [2.05, 4.69) is 27.0 Å². The first kappa shape index (κ1) is 6.67. The Morgan fingerprint density at radius 2 is 2.20 bits per heavy atom. The van der Waals surface area contributed by atoms with Crippen LogP contribution in [-0.2, 0) is 0 Å². The van der Waals surface area contributed by atoms with Crippen LogP contribution in [0.15, 0.2) is 17.4 Å². The Morgan fingerprint density at radius 3 is 2.70 bits per heavy atom. The number of anilines is 1. The van der Waals surface area contributed by atoms with E-state index in [1.165, 1.54) is 0 Å². The molecule has 0 saturated heterocycles. The maximum Gasteiger partial charge on any atom is 0.194 e. The van der Waals surface area contributed by atoms with Crippen LogP contribution in [0.25, 0.3) is 0 Å². The van der Waals surface area contributed by atoms with Crippen LogP contribution < -0.4 is 5.32 Å². The van der Waals surface area contributed by atoms with E-state index < -0.39 is 0 Å². The summed E-state index contributed by atoms with van der Waals surface area (Å²) in [5.74, 6) is 1.18. The van der Waals surface area contributed by atoms with Crippen molar-refractivity contribution in [3.63, 3.8) is 0 Å². The van der Waals surface area contributed by atoms with E-state index in [-0.39, 0.29) is 0 Å². The summed E-state index contributed by atoms with van der Waals surface area (Å²) in [7, 11) is 1.76. The van der Waals surface area contributed by atoms with Crippen molar-refractivity contribution in [1.29, 1.82) is 0 Å². The van der Waals surface area contributed by atoms with Gasteiger partial charge in [0.2, 0.25) is 0 Å². The highest BCUT2D eigenvalue weighted by Gasteiger charge is 1.96. The van der Waals surface area contributed by atoms with Crippen molar-refractivity contribution in [3.8, 4) is 0 Å². The highest BCUT2D eigenvalue weighted by molar-refractivity contribution is 5.57. The Balaban J connectivity index is 3.08. The summed E-state index contributed by atoms with van der Waals surface area (Å²) >= 11 is 0. The first-order valence-electron chi connectivity index (χ1n) is 2.84. The Kier molecular flexibility index (Phi) is 1.94. The molecule has 0 aromatic carbocycles. The summed E-state index contributed by atoms with van der Waals surface area (Å²) in [5, 5.41) is 2.84. The van der Waals surface area contributed by atoms with Gasteiger partial charge < -0.3 is 5.32 Å². The second-order valence-electron chi connectivity index (χ2n) is 1.64. The number of nitrogens with one attached hydrogen (secondary N) is 1. The van der Waals surface area contributed by atoms with Gasteiger partial charge in [0.05, 0.1) is 0 Å². The maximum absolute atomic E-state index is 3.96. The van der Waals surface area contributed by atoms with E-state index in [1.807, 2.05) is 0 Å². The van der Waals surface area contributed by atoms with Crippen LogP contribution in [0.2, 0.25) is 0 Å². The van der Waals surface area contributed by atoms with Crippen LogP contribution in [0.5, 0.6) is 0 Å². The van der Waals surface area contributed by atoms with E-state index in [9.17, 15) is 0 Å². The summed E-state index contributed by atoms with van der Waals surface area (Å²) < 4.78 is 0. The van der Waals surface area contributed by atoms with Crippen molar-refractivity contribution in [2.24, 2.45) is 4.99 Å². The minimum atomic E-state index is 0.532. The molecule has 1 aromatic rings. The molecule has 0 bridgehead atoms. The number of aliphatic imine (C=N–C) groups is 1. The second kappa shape index (κ2) is 2.91. The number of hydrogen-bond acceptors (Lipinski definition) is 4. The molecule has 0 atom stereocenters. The average Bonchev–Trinajstić information content (AvgIpc) is 2.04. The van der Waals surface area contributed by atoms with E-state index in [4.69, 9.17) is 0 Å². The van der Waals surface area contributed by atoms with Gasteiger partial charge in [-0.25, -0.2) is 15.0 Å². The fourth-order valence-electron chi connectivity index (χ4n) is 0.623. The minimum Gasteiger partial charge on any atom is -0.370 e. The van der Waals surface area contributed by atoms with Crippen molar-refractivity contribution in [1.82, 2.24) is 9.97 Å². The topological polar surface area (TPSA) is 50.2 Å². The van der Waals surface area contributed by atoms with Gasteiger partial charge in [0.1, 0.15) is 0 Å². The van der Waals surface area contributed by atoms with E-state index in [1.54, 1.807) is 19.4 Å². The van der Waals surface area contributed by atoms with Crippen LogP contribution >= 0.6 is 0 Å². The quantitative estimate of drug-likeness (QED) is 0.613. The molecule has 1 heterocycles. The fraction of sp³-hybridized carbons (Fsp3) is 0.167. The van der Waals surface area contributed by atoms with Crippen LogP contribution in [0.1, 0.15) is 0 Å². The third kappa shape index (κ3) is 1.10. The third-order valence-corrected chi connectivity index (χ3v) is 1.07. The maximum atomic E-state index is 3.96. The van der Waals surface area contributed by atoms with Crippen LogP contribution in [0.4, 0.5) is 11.6 Å². The zero-order chi connectivity index (χ0) is 7.40. The molecule has 1 N–H and O–H groups in total. The van der Waals surface area contributed by atoms with Crippen molar-refractivity contribution < 1.29 is 0 Å². The second-order valence-corrected chi connectivity index (χ2v) is 1.64. The SMILES string of the molecule is C=Nc1nccnc1NC. The molecule has 0 aliphatic heterocycles. The monoisotopic (exact) mass is 136 g/mol. The van der Waals surface area contributed by atoms with Crippen LogP contribution in [-0.4, -0.2) is 23.7 Å². The summed E-state index contributed by atoms with van der Waals surface area (Å²) in [4.78, 5) is 11.5. The Bertz CT molecular complexity index is 233. The lowest BCUT2D eigenvalue weighted by Crippen LogP contribution is -1.92. The summed E-state index contributed by atoms with van der Waals surface area (Å²) in [6.45, 7) is 3.35. The predicted octanol–water partition coefficient (Wildman–Crippen LogP) is 0.850. The van der Waals surface area contributed by atoms with Crippen molar-refractivity contribution >= 4 is 18.4 Å². The number of hydrogen-bond donors (Lipinski definition) is 1. The highest BCUT2D eigenvalue weighted by Crippen LogP contribution is 2.15. The molecule has 0 radical (unpaired) electrons. The molecular weight excluding hydrogens is 128 g/mol. The number of nitrogens with zero attached hydrogens (tertiary/aromatic N) is 3. The first-order valence-corrected chi connectivity index (χ1v) is 2.84.